The fraction of sp³-hybridized carbons (Fsp3) is 0.538. The van der Waals surface area contributed by atoms with Crippen LogP contribution < -0.4 is 10.6 Å². The lowest BCUT2D eigenvalue weighted by Crippen LogP contribution is -2.47. The Morgan fingerprint density at radius 1 is 1.37 bits per heavy atom. The molecule has 19 heavy (non-hydrogen) atoms. The highest BCUT2D eigenvalue weighted by atomic mass is 32.2. The van der Waals surface area contributed by atoms with E-state index in [1.54, 1.807) is 12.1 Å². The van der Waals surface area contributed by atoms with E-state index in [1.165, 1.54) is 6.26 Å². The molecule has 1 aromatic rings. The molecule has 0 amide bonds. The summed E-state index contributed by atoms with van der Waals surface area (Å²) >= 11 is 0. The molecule has 2 N–H and O–H groups in total. The summed E-state index contributed by atoms with van der Waals surface area (Å²) in [6.45, 7) is 5.36. The van der Waals surface area contributed by atoms with Crippen molar-refractivity contribution in [2.45, 2.75) is 30.9 Å². The summed E-state index contributed by atoms with van der Waals surface area (Å²) in [6.07, 6.45) is 1.28. The van der Waals surface area contributed by atoms with Crippen LogP contribution in [0, 0.1) is 0 Å². The number of hydrogen-bond acceptors (Lipinski definition) is 5. The molecule has 1 aliphatic rings. The van der Waals surface area contributed by atoms with Gasteiger partial charge in [-0.15, -0.1) is 0 Å². The van der Waals surface area contributed by atoms with Crippen LogP contribution in [0.4, 0.5) is 11.4 Å². The topological polar surface area (TPSA) is 72.6 Å². The molecule has 1 aliphatic heterocycles. The molecule has 106 valence electrons. The Hall–Kier alpha value is -1.27. The minimum absolute atomic E-state index is 0.109. The van der Waals surface area contributed by atoms with Crippen LogP contribution in [0.2, 0.25) is 0 Å². The van der Waals surface area contributed by atoms with E-state index in [2.05, 4.69) is 4.90 Å². The van der Waals surface area contributed by atoms with Crippen molar-refractivity contribution in [3.63, 3.8) is 0 Å². The molecule has 0 aromatic heterocycles. The lowest BCUT2D eigenvalue weighted by atomic mass is 10.1. The van der Waals surface area contributed by atoms with E-state index in [4.69, 9.17) is 10.5 Å². The zero-order chi connectivity index (χ0) is 14.2. The van der Waals surface area contributed by atoms with Gasteiger partial charge in [0.1, 0.15) is 0 Å². The molecule has 0 bridgehead atoms. The molecule has 0 saturated carbocycles. The van der Waals surface area contributed by atoms with E-state index in [-0.39, 0.29) is 17.0 Å². The first-order chi connectivity index (χ1) is 8.80. The van der Waals surface area contributed by atoms with Crippen molar-refractivity contribution in [3.8, 4) is 0 Å². The first-order valence-corrected chi connectivity index (χ1v) is 8.16. The van der Waals surface area contributed by atoms with Crippen molar-refractivity contribution in [3.05, 3.63) is 18.2 Å². The number of rotatable bonds is 2. The van der Waals surface area contributed by atoms with Crippen molar-refractivity contribution in [2.75, 3.05) is 30.0 Å². The minimum Gasteiger partial charge on any atom is -0.396 e. The lowest BCUT2D eigenvalue weighted by Gasteiger charge is -2.39. The van der Waals surface area contributed by atoms with Gasteiger partial charge in [-0.05, 0) is 26.0 Å². The van der Waals surface area contributed by atoms with Crippen LogP contribution in [0.3, 0.4) is 0 Å². The van der Waals surface area contributed by atoms with Gasteiger partial charge in [-0.25, -0.2) is 8.42 Å². The highest BCUT2D eigenvalue weighted by Crippen LogP contribution is 2.32. The summed E-state index contributed by atoms with van der Waals surface area (Å²) in [7, 11) is -3.31. The predicted molar refractivity (Wildman–Crippen MR) is 76.2 cm³/mol. The molecular formula is C13H20N2O3S. The van der Waals surface area contributed by atoms with Crippen molar-refractivity contribution in [1.82, 2.24) is 0 Å². The zero-order valence-corrected chi connectivity index (χ0v) is 12.3. The molecule has 2 rings (SSSR count). The Labute approximate surface area is 114 Å². The molecule has 0 spiro atoms. The molecule has 0 aliphatic carbocycles. The lowest BCUT2D eigenvalue weighted by molar-refractivity contribution is 0.0344. The standard InChI is InChI=1S/C13H20N2O3S/c1-9-8-18-10(2)7-15(9)11-5-4-6-12(13(11)14)19(3,16)17/h4-6,9-10H,7-8,14H2,1-3H3. The average Bonchev–Trinajstić information content (AvgIpc) is 2.31. The smallest absolute Gasteiger partial charge is 0.177 e. The molecule has 1 aromatic carbocycles. The Bertz CT molecular complexity index is 571. The quantitative estimate of drug-likeness (QED) is 0.828. The summed E-state index contributed by atoms with van der Waals surface area (Å²) in [6, 6.07) is 5.31. The number of benzene rings is 1. The van der Waals surface area contributed by atoms with Crippen LogP contribution in [-0.2, 0) is 14.6 Å². The third-order valence-corrected chi connectivity index (χ3v) is 4.51. The van der Waals surface area contributed by atoms with Crippen LogP contribution in [0.1, 0.15) is 13.8 Å². The number of anilines is 2. The maximum atomic E-state index is 11.7. The van der Waals surface area contributed by atoms with Gasteiger partial charge in [-0.3, -0.25) is 0 Å². The number of nitrogens with zero attached hydrogens (tertiary/aromatic N) is 1. The van der Waals surface area contributed by atoms with Gasteiger partial charge in [0.05, 0.1) is 29.0 Å². The molecule has 1 fully saturated rings. The summed E-state index contributed by atoms with van der Waals surface area (Å²) < 4.78 is 29.0. The first kappa shape index (κ1) is 14.1. The van der Waals surface area contributed by atoms with E-state index in [0.29, 0.717) is 18.8 Å². The summed E-state index contributed by atoms with van der Waals surface area (Å²) in [5.74, 6) is 0. The highest BCUT2D eigenvalue weighted by molar-refractivity contribution is 7.90. The van der Waals surface area contributed by atoms with Gasteiger partial charge in [0.15, 0.2) is 9.84 Å². The first-order valence-electron chi connectivity index (χ1n) is 6.27. The third-order valence-electron chi connectivity index (χ3n) is 3.36. The van der Waals surface area contributed by atoms with E-state index >= 15 is 0 Å². The Balaban J connectivity index is 2.45. The zero-order valence-electron chi connectivity index (χ0n) is 11.5. The normalized spacial score (nSPS) is 24.5. The SMILES string of the molecule is CC1CN(c2cccc(S(C)(=O)=O)c2N)C(C)CO1. The van der Waals surface area contributed by atoms with Crippen molar-refractivity contribution in [1.29, 1.82) is 0 Å². The van der Waals surface area contributed by atoms with Gasteiger partial charge in [-0.1, -0.05) is 6.07 Å². The second-order valence-electron chi connectivity index (χ2n) is 5.11. The van der Waals surface area contributed by atoms with Gasteiger partial charge >= 0.3 is 0 Å². The third kappa shape index (κ3) is 2.84. The molecule has 1 saturated heterocycles. The van der Waals surface area contributed by atoms with E-state index in [9.17, 15) is 8.42 Å². The number of nitrogens with two attached hydrogens (primary N) is 1. The van der Waals surface area contributed by atoms with E-state index < -0.39 is 9.84 Å². The second kappa shape index (κ2) is 5.02. The molecule has 5 nitrogen and oxygen atoms in total. The number of sulfone groups is 1. The molecule has 2 atom stereocenters. The van der Waals surface area contributed by atoms with Gasteiger partial charge in [0, 0.05) is 18.8 Å². The minimum atomic E-state index is -3.31. The van der Waals surface area contributed by atoms with E-state index in [0.717, 1.165) is 5.69 Å². The second-order valence-corrected chi connectivity index (χ2v) is 7.09. The number of morpholine rings is 1. The Kier molecular flexibility index (Phi) is 3.73. The average molecular weight is 284 g/mol. The summed E-state index contributed by atoms with van der Waals surface area (Å²) in [5, 5.41) is 0. The Morgan fingerprint density at radius 3 is 2.68 bits per heavy atom. The molecule has 6 heteroatoms. The predicted octanol–water partition coefficient (Wildman–Crippen LogP) is 1.29. The van der Waals surface area contributed by atoms with Gasteiger partial charge in [-0.2, -0.15) is 0 Å². The molecule has 2 unspecified atom stereocenters. The van der Waals surface area contributed by atoms with Gasteiger partial charge in [0.25, 0.3) is 0 Å². The van der Waals surface area contributed by atoms with Crippen LogP contribution >= 0.6 is 0 Å². The van der Waals surface area contributed by atoms with Gasteiger partial charge in [0.2, 0.25) is 0 Å². The molecule has 0 radical (unpaired) electrons. The fourth-order valence-electron chi connectivity index (χ4n) is 2.35. The van der Waals surface area contributed by atoms with Gasteiger partial charge < -0.3 is 15.4 Å². The maximum Gasteiger partial charge on any atom is 0.177 e. The number of hydrogen-bond donors (Lipinski definition) is 1. The summed E-state index contributed by atoms with van der Waals surface area (Å²) in [4.78, 5) is 2.30. The number of nitrogen functional groups attached to an aromatic ring is 1. The van der Waals surface area contributed by atoms with Crippen LogP contribution in [0.15, 0.2) is 23.1 Å². The number of para-hydroxylation sites is 1. The van der Waals surface area contributed by atoms with Crippen LogP contribution in [-0.4, -0.2) is 40.0 Å². The van der Waals surface area contributed by atoms with Crippen molar-refractivity contribution >= 4 is 21.2 Å². The monoisotopic (exact) mass is 284 g/mol. The largest absolute Gasteiger partial charge is 0.396 e. The van der Waals surface area contributed by atoms with Crippen molar-refractivity contribution in [2.24, 2.45) is 0 Å². The van der Waals surface area contributed by atoms with Crippen LogP contribution in [0.5, 0.6) is 0 Å². The molecule has 1 heterocycles. The van der Waals surface area contributed by atoms with E-state index in [1.807, 2.05) is 19.9 Å². The maximum absolute atomic E-state index is 11.7. The summed E-state index contributed by atoms with van der Waals surface area (Å²) in [5.41, 5.74) is 7.14. The fourth-order valence-corrected chi connectivity index (χ4v) is 3.17. The molecular weight excluding hydrogens is 264 g/mol. The van der Waals surface area contributed by atoms with Crippen molar-refractivity contribution < 1.29 is 13.2 Å². The Morgan fingerprint density at radius 2 is 2.05 bits per heavy atom. The number of ether oxygens (including phenoxy) is 1. The highest BCUT2D eigenvalue weighted by Gasteiger charge is 2.26. The van der Waals surface area contributed by atoms with Crippen LogP contribution in [0.25, 0.3) is 0 Å².